The van der Waals surface area contributed by atoms with E-state index in [-0.39, 0.29) is 11.8 Å². The minimum absolute atomic E-state index is 0.0636. The maximum absolute atomic E-state index is 12.5. The Balaban J connectivity index is 1.56. The van der Waals surface area contributed by atoms with E-state index in [1.54, 1.807) is 4.31 Å². The Morgan fingerprint density at radius 2 is 1.92 bits per heavy atom. The largest absolute Gasteiger partial charge is 0.361 e. The first kappa shape index (κ1) is 17.1. The summed E-state index contributed by atoms with van der Waals surface area (Å²) in [6.45, 7) is 5.63. The van der Waals surface area contributed by atoms with Crippen molar-refractivity contribution in [3.8, 4) is 0 Å². The van der Waals surface area contributed by atoms with E-state index in [1.165, 1.54) is 0 Å². The van der Waals surface area contributed by atoms with E-state index in [1.807, 2.05) is 51.2 Å². The third-order valence-corrected chi connectivity index (χ3v) is 6.41. The standard InChI is InChI=1S/C17H23N3O3S/c1-13-17(14(2)23-18-13)11-19(3)16-9-20(10-16)24(21,22)12-15-7-5-4-6-8-15/h4-8,16H,9-12H2,1-3H3. The van der Waals surface area contributed by atoms with E-state index < -0.39 is 10.0 Å². The van der Waals surface area contributed by atoms with Gasteiger partial charge in [-0.05, 0) is 26.5 Å². The molecule has 3 rings (SSSR count). The van der Waals surface area contributed by atoms with Crippen molar-refractivity contribution in [3.63, 3.8) is 0 Å². The molecule has 0 unspecified atom stereocenters. The highest BCUT2D eigenvalue weighted by molar-refractivity contribution is 7.88. The Morgan fingerprint density at radius 3 is 2.50 bits per heavy atom. The fourth-order valence-electron chi connectivity index (χ4n) is 2.90. The van der Waals surface area contributed by atoms with E-state index >= 15 is 0 Å². The summed E-state index contributed by atoms with van der Waals surface area (Å²) in [5.74, 6) is 0.890. The smallest absolute Gasteiger partial charge is 0.218 e. The van der Waals surface area contributed by atoms with Crippen LogP contribution in [0.2, 0.25) is 0 Å². The van der Waals surface area contributed by atoms with Crippen molar-refractivity contribution in [2.45, 2.75) is 32.2 Å². The molecule has 130 valence electrons. The first-order valence-corrected chi connectivity index (χ1v) is 9.61. The predicted molar refractivity (Wildman–Crippen MR) is 91.9 cm³/mol. The molecule has 6 nitrogen and oxygen atoms in total. The number of aromatic nitrogens is 1. The highest BCUT2D eigenvalue weighted by atomic mass is 32.2. The number of sulfonamides is 1. The molecule has 0 N–H and O–H groups in total. The number of hydrogen-bond acceptors (Lipinski definition) is 5. The first-order chi connectivity index (χ1) is 11.4. The van der Waals surface area contributed by atoms with Gasteiger partial charge in [0.2, 0.25) is 10.0 Å². The van der Waals surface area contributed by atoms with E-state index in [4.69, 9.17) is 4.52 Å². The van der Waals surface area contributed by atoms with Crippen molar-refractivity contribution in [2.24, 2.45) is 0 Å². The lowest BCUT2D eigenvalue weighted by Gasteiger charge is -2.43. The van der Waals surface area contributed by atoms with Gasteiger partial charge in [0.05, 0.1) is 11.4 Å². The molecule has 2 aromatic rings. The number of hydrogen-bond donors (Lipinski definition) is 0. The number of benzene rings is 1. The molecule has 2 heterocycles. The zero-order chi connectivity index (χ0) is 17.3. The monoisotopic (exact) mass is 349 g/mol. The lowest BCUT2D eigenvalue weighted by atomic mass is 10.1. The van der Waals surface area contributed by atoms with Gasteiger partial charge in [-0.15, -0.1) is 0 Å². The summed E-state index contributed by atoms with van der Waals surface area (Å²) in [7, 11) is -1.23. The number of aryl methyl sites for hydroxylation is 2. The molecule has 24 heavy (non-hydrogen) atoms. The van der Waals surface area contributed by atoms with Crippen LogP contribution < -0.4 is 0 Å². The van der Waals surface area contributed by atoms with Crippen LogP contribution in [0.15, 0.2) is 34.9 Å². The molecule has 0 amide bonds. The Hall–Kier alpha value is -1.70. The normalized spacial score (nSPS) is 16.5. The molecule has 0 radical (unpaired) electrons. The van der Waals surface area contributed by atoms with Crippen molar-refractivity contribution < 1.29 is 12.9 Å². The predicted octanol–water partition coefficient (Wildman–Crippen LogP) is 1.94. The zero-order valence-electron chi connectivity index (χ0n) is 14.3. The van der Waals surface area contributed by atoms with Crippen LogP contribution in [0.1, 0.15) is 22.6 Å². The molecule has 0 spiro atoms. The molecule has 0 aliphatic carbocycles. The molecular formula is C17H23N3O3S. The minimum Gasteiger partial charge on any atom is -0.361 e. The van der Waals surface area contributed by atoms with Crippen LogP contribution in [0.4, 0.5) is 0 Å². The zero-order valence-corrected chi connectivity index (χ0v) is 15.1. The van der Waals surface area contributed by atoms with Crippen molar-refractivity contribution in [2.75, 3.05) is 20.1 Å². The van der Waals surface area contributed by atoms with Gasteiger partial charge in [-0.1, -0.05) is 35.5 Å². The molecule has 0 saturated carbocycles. The quantitative estimate of drug-likeness (QED) is 0.797. The Labute approximate surface area is 143 Å². The van der Waals surface area contributed by atoms with Crippen LogP contribution in [0, 0.1) is 13.8 Å². The molecular weight excluding hydrogens is 326 g/mol. The topological polar surface area (TPSA) is 66.7 Å². The van der Waals surface area contributed by atoms with Gasteiger partial charge in [-0.2, -0.15) is 4.31 Å². The van der Waals surface area contributed by atoms with Crippen LogP contribution in [0.3, 0.4) is 0 Å². The van der Waals surface area contributed by atoms with Crippen molar-refractivity contribution in [1.82, 2.24) is 14.4 Å². The summed E-state index contributed by atoms with van der Waals surface area (Å²) in [6, 6.07) is 9.53. The van der Waals surface area contributed by atoms with Gasteiger partial charge in [0.15, 0.2) is 0 Å². The van der Waals surface area contributed by atoms with Gasteiger partial charge in [0.1, 0.15) is 5.76 Å². The van der Waals surface area contributed by atoms with E-state index in [9.17, 15) is 8.42 Å². The first-order valence-electron chi connectivity index (χ1n) is 8.00. The third kappa shape index (κ3) is 3.53. The lowest BCUT2D eigenvalue weighted by Crippen LogP contribution is -2.59. The molecule has 1 fully saturated rings. The lowest BCUT2D eigenvalue weighted by molar-refractivity contribution is 0.105. The van der Waals surface area contributed by atoms with Gasteiger partial charge >= 0.3 is 0 Å². The van der Waals surface area contributed by atoms with Crippen LogP contribution >= 0.6 is 0 Å². The molecule has 0 atom stereocenters. The molecule has 0 bridgehead atoms. The molecule has 1 aromatic heterocycles. The maximum atomic E-state index is 12.5. The maximum Gasteiger partial charge on any atom is 0.218 e. The van der Waals surface area contributed by atoms with Crippen LogP contribution in [0.25, 0.3) is 0 Å². The summed E-state index contributed by atoms with van der Waals surface area (Å²) >= 11 is 0. The van der Waals surface area contributed by atoms with Gasteiger partial charge in [0.25, 0.3) is 0 Å². The average Bonchev–Trinajstić information content (AvgIpc) is 2.78. The third-order valence-electron chi connectivity index (χ3n) is 4.63. The summed E-state index contributed by atoms with van der Waals surface area (Å²) in [5, 5.41) is 3.97. The SMILES string of the molecule is Cc1noc(C)c1CN(C)C1CN(S(=O)(=O)Cc2ccccc2)C1. The van der Waals surface area contributed by atoms with Crippen molar-refractivity contribution in [1.29, 1.82) is 0 Å². The van der Waals surface area contributed by atoms with Gasteiger partial charge in [0, 0.05) is 31.2 Å². The van der Waals surface area contributed by atoms with Gasteiger partial charge in [-0.3, -0.25) is 4.90 Å². The Morgan fingerprint density at radius 1 is 1.25 bits per heavy atom. The number of likely N-dealkylation sites (N-methyl/N-ethyl adjacent to an activating group) is 1. The second kappa shape index (κ2) is 6.66. The Kier molecular flexibility index (Phi) is 4.76. The molecule has 7 heteroatoms. The average molecular weight is 349 g/mol. The van der Waals surface area contributed by atoms with Gasteiger partial charge in [-0.25, -0.2) is 8.42 Å². The Bertz CT molecular complexity index is 776. The molecule has 1 aromatic carbocycles. The van der Waals surface area contributed by atoms with Crippen molar-refractivity contribution in [3.05, 3.63) is 52.9 Å². The second-order valence-electron chi connectivity index (χ2n) is 6.43. The van der Waals surface area contributed by atoms with E-state index in [0.29, 0.717) is 13.1 Å². The number of rotatable bonds is 6. The molecule has 1 aliphatic rings. The number of nitrogens with zero attached hydrogens (tertiary/aromatic N) is 3. The highest BCUT2D eigenvalue weighted by Crippen LogP contribution is 2.23. The minimum atomic E-state index is -3.25. The second-order valence-corrected chi connectivity index (χ2v) is 8.40. The fourth-order valence-corrected chi connectivity index (χ4v) is 4.50. The van der Waals surface area contributed by atoms with E-state index in [0.717, 1.165) is 29.1 Å². The van der Waals surface area contributed by atoms with Crippen molar-refractivity contribution >= 4 is 10.0 Å². The van der Waals surface area contributed by atoms with Crippen LogP contribution in [-0.4, -0.2) is 49.0 Å². The molecule has 1 saturated heterocycles. The van der Waals surface area contributed by atoms with Crippen LogP contribution in [0.5, 0.6) is 0 Å². The van der Waals surface area contributed by atoms with Gasteiger partial charge < -0.3 is 4.52 Å². The highest BCUT2D eigenvalue weighted by Gasteiger charge is 2.38. The summed E-state index contributed by atoms with van der Waals surface area (Å²) in [4.78, 5) is 2.17. The molecule has 1 aliphatic heterocycles. The van der Waals surface area contributed by atoms with Crippen LogP contribution in [-0.2, 0) is 22.3 Å². The summed E-state index contributed by atoms with van der Waals surface area (Å²) in [5.41, 5.74) is 2.81. The summed E-state index contributed by atoms with van der Waals surface area (Å²) in [6.07, 6.45) is 0. The summed E-state index contributed by atoms with van der Waals surface area (Å²) < 4.78 is 31.7. The van der Waals surface area contributed by atoms with E-state index in [2.05, 4.69) is 10.1 Å². The fraction of sp³-hybridized carbons (Fsp3) is 0.471.